The van der Waals surface area contributed by atoms with Gasteiger partial charge in [0.25, 0.3) is 0 Å². The molecule has 0 amide bonds. The van der Waals surface area contributed by atoms with E-state index in [1.54, 1.807) is 4.68 Å². The van der Waals surface area contributed by atoms with Crippen LogP contribution in [0.5, 0.6) is 0 Å². The van der Waals surface area contributed by atoms with Crippen molar-refractivity contribution in [3.63, 3.8) is 0 Å². The van der Waals surface area contributed by atoms with E-state index in [4.69, 9.17) is 5.11 Å². The highest BCUT2D eigenvalue weighted by Crippen LogP contribution is 2.26. The van der Waals surface area contributed by atoms with Crippen LogP contribution in [-0.2, 0) is 7.05 Å². The van der Waals surface area contributed by atoms with Crippen molar-refractivity contribution in [2.75, 3.05) is 11.9 Å². The highest BCUT2D eigenvalue weighted by atomic mass is 79.9. The Labute approximate surface area is 101 Å². The van der Waals surface area contributed by atoms with Gasteiger partial charge in [0.1, 0.15) is 16.7 Å². The molecule has 86 valence electrons. The van der Waals surface area contributed by atoms with Crippen molar-refractivity contribution >= 4 is 32.8 Å². The fraction of sp³-hybridized carbons (Fsp3) is 0.444. The van der Waals surface area contributed by atoms with Gasteiger partial charge in [0, 0.05) is 13.1 Å². The first kappa shape index (κ1) is 11.3. The van der Waals surface area contributed by atoms with Crippen molar-refractivity contribution < 1.29 is 5.11 Å². The standard InChI is InChI=1S/C9H12BrN5O/c1-5(3-16)13-8-6-7(10)14-15(2)9(6)12-4-11-8/h4-5,16H,3H2,1-2H3,(H,11,12,13). The highest BCUT2D eigenvalue weighted by Gasteiger charge is 2.14. The summed E-state index contributed by atoms with van der Waals surface area (Å²) in [5.41, 5.74) is 0.745. The Balaban J connectivity index is 2.53. The van der Waals surface area contributed by atoms with E-state index in [2.05, 4.69) is 36.3 Å². The van der Waals surface area contributed by atoms with Gasteiger partial charge in [0.2, 0.25) is 0 Å². The Bertz CT molecular complexity index is 512. The minimum absolute atomic E-state index is 0.0450. The summed E-state index contributed by atoms with van der Waals surface area (Å²) in [6.45, 7) is 1.92. The second kappa shape index (κ2) is 4.34. The molecule has 0 radical (unpaired) electrons. The maximum atomic E-state index is 9.00. The summed E-state index contributed by atoms with van der Waals surface area (Å²) in [4.78, 5) is 8.30. The molecule has 1 unspecified atom stereocenters. The predicted octanol–water partition coefficient (Wildman–Crippen LogP) is 0.918. The van der Waals surface area contributed by atoms with Crippen LogP contribution in [-0.4, -0.2) is 37.5 Å². The summed E-state index contributed by atoms with van der Waals surface area (Å²) in [6.07, 6.45) is 1.48. The molecule has 0 aliphatic carbocycles. The minimum Gasteiger partial charge on any atom is -0.394 e. The van der Waals surface area contributed by atoms with Gasteiger partial charge < -0.3 is 10.4 Å². The number of fused-ring (bicyclic) bond motifs is 1. The highest BCUT2D eigenvalue weighted by molar-refractivity contribution is 9.10. The molecular formula is C9H12BrN5O. The van der Waals surface area contributed by atoms with Crippen LogP contribution in [0.25, 0.3) is 11.0 Å². The Morgan fingerprint density at radius 3 is 3.00 bits per heavy atom. The van der Waals surface area contributed by atoms with Crippen LogP contribution in [0.2, 0.25) is 0 Å². The van der Waals surface area contributed by atoms with Gasteiger partial charge in [-0.1, -0.05) is 0 Å². The molecule has 7 heteroatoms. The maximum Gasteiger partial charge on any atom is 0.164 e. The Morgan fingerprint density at radius 2 is 2.31 bits per heavy atom. The molecule has 0 spiro atoms. The van der Waals surface area contributed by atoms with Gasteiger partial charge in [-0.2, -0.15) is 5.10 Å². The molecule has 2 aromatic rings. The largest absolute Gasteiger partial charge is 0.394 e. The third-order valence-electron chi connectivity index (χ3n) is 2.23. The summed E-state index contributed by atoms with van der Waals surface area (Å²) in [5.74, 6) is 0.673. The maximum absolute atomic E-state index is 9.00. The van der Waals surface area contributed by atoms with Crippen molar-refractivity contribution in [3.8, 4) is 0 Å². The number of aryl methyl sites for hydroxylation is 1. The second-order valence-corrected chi connectivity index (χ2v) is 4.31. The lowest BCUT2D eigenvalue weighted by molar-refractivity contribution is 0.281. The zero-order chi connectivity index (χ0) is 11.7. The molecule has 0 aromatic carbocycles. The topological polar surface area (TPSA) is 75.9 Å². The van der Waals surface area contributed by atoms with Gasteiger partial charge in [-0.15, -0.1) is 0 Å². The number of halogens is 1. The lowest BCUT2D eigenvalue weighted by Crippen LogP contribution is -2.20. The quantitative estimate of drug-likeness (QED) is 0.877. The van der Waals surface area contributed by atoms with E-state index < -0.39 is 0 Å². The SMILES string of the molecule is CC(CO)Nc1ncnc2c1c(Br)nn2C. The van der Waals surface area contributed by atoms with Crippen LogP contribution in [0.4, 0.5) is 5.82 Å². The van der Waals surface area contributed by atoms with Crippen LogP contribution in [0.1, 0.15) is 6.92 Å². The Kier molecular flexibility index (Phi) is 3.06. The van der Waals surface area contributed by atoms with Gasteiger partial charge in [-0.3, -0.25) is 0 Å². The van der Waals surface area contributed by atoms with Crippen LogP contribution < -0.4 is 5.32 Å². The molecule has 16 heavy (non-hydrogen) atoms. The van der Waals surface area contributed by atoms with Gasteiger partial charge in [0.05, 0.1) is 12.0 Å². The van der Waals surface area contributed by atoms with E-state index in [1.807, 2.05) is 14.0 Å². The third kappa shape index (κ3) is 1.88. The lowest BCUT2D eigenvalue weighted by Gasteiger charge is -2.11. The summed E-state index contributed by atoms with van der Waals surface area (Å²) in [7, 11) is 1.82. The molecule has 0 saturated carbocycles. The van der Waals surface area contributed by atoms with Crippen molar-refractivity contribution in [2.24, 2.45) is 7.05 Å². The molecule has 0 aliphatic rings. The first-order valence-electron chi connectivity index (χ1n) is 4.84. The average molecular weight is 286 g/mol. The minimum atomic E-state index is -0.0646. The molecule has 0 bridgehead atoms. The molecule has 0 saturated heterocycles. The molecule has 0 fully saturated rings. The molecule has 2 N–H and O–H groups in total. The first-order chi connectivity index (χ1) is 7.63. The van der Waals surface area contributed by atoms with Crippen molar-refractivity contribution in [1.29, 1.82) is 0 Å². The molecule has 2 aromatic heterocycles. The summed E-state index contributed by atoms with van der Waals surface area (Å²) < 4.78 is 2.37. The lowest BCUT2D eigenvalue weighted by atomic mass is 10.3. The fourth-order valence-electron chi connectivity index (χ4n) is 1.43. The molecule has 0 aliphatic heterocycles. The van der Waals surface area contributed by atoms with Gasteiger partial charge in [-0.05, 0) is 22.9 Å². The first-order valence-corrected chi connectivity index (χ1v) is 5.63. The molecule has 6 nitrogen and oxygen atoms in total. The van der Waals surface area contributed by atoms with Crippen molar-refractivity contribution in [2.45, 2.75) is 13.0 Å². The molecule has 2 rings (SSSR count). The Hall–Kier alpha value is -1.21. The normalized spacial score (nSPS) is 13.0. The number of aromatic nitrogens is 4. The average Bonchev–Trinajstić information content (AvgIpc) is 2.56. The van der Waals surface area contributed by atoms with E-state index in [0.717, 1.165) is 11.0 Å². The van der Waals surface area contributed by atoms with E-state index in [9.17, 15) is 0 Å². The van der Waals surface area contributed by atoms with Gasteiger partial charge in [0.15, 0.2) is 5.65 Å². The number of aliphatic hydroxyl groups is 1. The van der Waals surface area contributed by atoms with Crippen LogP contribution >= 0.6 is 15.9 Å². The number of hydrogen-bond acceptors (Lipinski definition) is 5. The van der Waals surface area contributed by atoms with E-state index >= 15 is 0 Å². The third-order valence-corrected chi connectivity index (χ3v) is 2.79. The number of anilines is 1. The smallest absolute Gasteiger partial charge is 0.164 e. The molecule has 1 atom stereocenters. The number of nitrogens with zero attached hydrogens (tertiary/aromatic N) is 4. The number of nitrogens with one attached hydrogen (secondary N) is 1. The van der Waals surface area contributed by atoms with Gasteiger partial charge >= 0.3 is 0 Å². The number of aliphatic hydroxyl groups excluding tert-OH is 1. The van der Waals surface area contributed by atoms with Crippen molar-refractivity contribution in [1.82, 2.24) is 19.7 Å². The monoisotopic (exact) mass is 285 g/mol. The van der Waals surface area contributed by atoms with Crippen molar-refractivity contribution in [3.05, 3.63) is 10.9 Å². The summed E-state index contributed by atoms with van der Waals surface area (Å²) >= 11 is 3.37. The van der Waals surface area contributed by atoms with Crippen LogP contribution in [0.3, 0.4) is 0 Å². The van der Waals surface area contributed by atoms with E-state index in [-0.39, 0.29) is 12.6 Å². The number of hydrogen-bond donors (Lipinski definition) is 2. The van der Waals surface area contributed by atoms with Gasteiger partial charge in [-0.25, -0.2) is 14.6 Å². The zero-order valence-corrected chi connectivity index (χ0v) is 10.6. The van der Waals surface area contributed by atoms with Crippen LogP contribution in [0.15, 0.2) is 10.9 Å². The summed E-state index contributed by atoms with van der Waals surface area (Å²) in [6, 6.07) is -0.0646. The molecular weight excluding hydrogens is 274 g/mol. The zero-order valence-electron chi connectivity index (χ0n) is 8.98. The predicted molar refractivity (Wildman–Crippen MR) is 64.2 cm³/mol. The summed E-state index contributed by atoms with van der Waals surface area (Å²) in [5, 5.41) is 17.1. The second-order valence-electron chi connectivity index (χ2n) is 3.56. The molecule has 2 heterocycles. The fourth-order valence-corrected chi connectivity index (χ4v) is 2.03. The van der Waals surface area contributed by atoms with Crippen LogP contribution in [0, 0.1) is 0 Å². The Morgan fingerprint density at radius 1 is 1.56 bits per heavy atom. The number of rotatable bonds is 3. The van der Waals surface area contributed by atoms with E-state index in [0.29, 0.717) is 10.4 Å². The van der Waals surface area contributed by atoms with E-state index in [1.165, 1.54) is 6.33 Å².